The predicted molar refractivity (Wildman–Crippen MR) is 85.7 cm³/mol. The molecule has 1 aromatic rings. The predicted octanol–water partition coefficient (Wildman–Crippen LogP) is 2.80. The van der Waals surface area contributed by atoms with Crippen LogP contribution in [0.5, 0.6) is 0 Å². The van der Waals surface area contributed by atoms with Gasteiger partial charge in [0.2, 0.25) is 5.91 Å². The zero-order chi connectivity index (χ0) is 14.8. The molecule has 1 saturated heterocycles. The average Bonchev–Trinajstić information content (AvgIpc) is 2.76. The van der Waals surface area contributed by atoms with Gasteiger partial charge in [-0.3, -0.25) is 10.1 Å². The van der Waals surface area contributed by atoms with Gasteiger partial charge in [0.25, 0.3) is 0 Å². The number of nitrogens with one attached hydrogen (secondary N) is 2. The van der Waals surface area contributed by atoms with Crippen LogP contribution in [0.15, 0.2) is 18.2 Å². The van der Waals surface area contributed by atoms with Gasteiger partial charge in [0, 0.05) is 28.9 Å². The van der Waals surface area contributed by atoms with Crippen molar-refractivity contribution in [2.75, 3.05) is 25.0 Å². The van der Waals surface area contributed by atoms with Crippen LogP contribution in [0.4, 0.5) is 5.69 Å². The highest BCUT2D eigenvalue weighted by molar-refractivity contribution is 6.31. The lowest BCUT2D eigenvalue weighted by Gasteiger charge is -2.30. The smallest absolute Gasteiger partial charge is 0.246 e. The fourth-order valence-electron chi connectivity index (χ4n) is 3.26. The molecule has 4 nitrogen and oxygen atoms in total. The number of likely N-dealkylation sites (tertiary alicyclic amines) is 1. The van der Waals surface area contributed by atoms with Crippen LogP contribution in [0.1, 0.15) is 37.8 Å². The maximum atomic E-state index is 12.1. The zero-order valence-corrected chi connectivity index (χ0v) is 13.1. The number of carbonyl (C=O) groups excluding carboxylic acids is 1. The Morgan fingerprint density at radius 3 is 2.90 bits per heavy atom. The highest BCUT2D eigenvalue weighted by Gasteiger charge is 2.31. The fraction of sp³-hybridized carbons (Fsp3) is 0.562. The molecule has 3 rings (SSSR count). The molecule has 0 radical (unpaired) electrons. The summed E-state index contributed by atoms with van der Waals surface area (Å²) in [5, 5.41) is 7.02. The molecule has 5 heteroatoms. The summed E-state index contributed by atoms with van der Waals surface area (Å²) in [5.74, 6) is 0.0118. The molecule has 0 spiro atoms. The number of benzene rings is 1. The number of rotatable bonds is 4. The Morgan fingerprint density at radius 2 is 2.14 bits per heavy atom. The molecule has 2 aliphatic rings. The van der Waals surface area contributed by atoms with Crippen LogP contribution >= 0.6 is 11.6 Å². The Hall–Kier alpha value is -1.10. The first-order chi connectivity index (χ1) is 10.1. The van der Waals surface area contributed by atoms with Gasteiger partial charge in [-0.15, -0.1) is 0 Å². The Kier molecular flexibility index (Phi) is 4.48. The quantitative estimate of drug-likeness (QED) is 0.899. The molecule has 1 fully saturated rings. The number of hydrogen-bond acceptors (Lipinski definition) is 3. The summed E-state index contributed by atoms with van der Waals surface area (Å²) in [6.07, 6.45) is 3.92. The second-order valence-electron chi connectivity index (χ2n) is 6.08. The number of amides is 1. The van der Waals surface area contributed by atoms with E-state index in [0.717, 1.165) is 17.8 Å². The number of fused-ring (bicyclic) bond motifs is 1. The maximum Gasteiger partial charge on any atom is 0.246 e. The van der Waals surface area contributed by atoms with Crippen molar-refractivity contribution in [3.8, 4) is 0 Å². The Morgan fingerprint density at radius 1 is 1.38 bits per heavy atom. The molecule has 21 heavy (non-hydrogen) atoms. The third-order valence-corrected chi connectivity index (χ3v) is 4.51. The van der Waals surface area contributed by atoms with Crippen molar-refractivity contribution < 1.29 is 4.79 Å². The molecular formula is C16H22ClN3O. The largest absolute Gasteiger partial charge is 0.324 e. The van der Waals surface area contributed by atoms with Crippen molar-refractivity contribution in [2.45, 2.75) is 38.3 Å². The molecule has 2 N–H and O–H groups in total. The summed E-state index contributed by atoms with van der Waals surface area (Å²) in [7, 11) is 0. The van der Waals surface area contributed by atoms with E-state index in [4.69, 9.17) is 11.6 Å². The lowest BCUT2D eigenvalue weighted by Crippen LogP contribution is -2.44. The van der Waals surface area contributed by atoms with Gasteiger partial charge < -0.3 is 10.2 Å². The van der Waals surface area contributed by atoms with Crippen molar-refractivity contribution in [1.29, 1.82) is 0 Å². The average molecular weight is 308 g/mol. The molecular weight excluding hydrogens is 286 g/mol. The van der Waals surface area contributed by atoms with Crippen molar-refractivity contribution in [3.63, 3.8) is 0 Å². The van der Waals surface area contributed by atoms with Crippen molar-refractivity contribution in [1.82, 2.24) is 10.2 Å². The van der Waals surface area contributed by atoms with Gasteiger partial charge in [-0.05, 0) is 51.1 Å². The lowest BCUT2D eigenvalue weighted by atomic mass is 10.1. The SMILES string of the molecule is CC(CN1CCCCC1)NC1C(=O)Nc2ccc(Cl)cc21. The van der Waals surface area contributed by atoms with E-state index in [1.165, 1.54) is 32.4 Å². The highest BCUT2D eigenvalue weighted by Crippen LogP contribution is 2.33. The van der Waals surface area contributed by atoms with Gasteiger partial charge in [0.05, 0.1) is 0 Å². The van der Waals surface area contributed by atoms with E-state index in [1.54, 1.807) is 6.07 Å². The van der Waals surface area contributed by atoms with E-state index in [0.29, 0.717) is 5.02 Å². The molecule has 1 amide bonds. The molecule has 2 atom stereocenters. The first kappa shape index (κ1) is 14.8. The number of anilines is 1. The Labute approximate surface area is 130 Å². The van der Waals surface area contributed by atoms with Crippen LogP contribution in [0.2, 0.25) is 5.02 Å². The van der Waals surface area contributed by atoms with Gasteiger partial charge in [0.15, 0.2) is 0 Å². The van der Waals surface area contributed by atoms with Crippen LogP contribution in [0.3, 0.4) is 0 Å². The minimum absolute atomic E-state index is 0.0118. The molecule has 0 aromatic heterocycles. The zero-order valence-electron chi connectivity index (χ0n) is 12.4. The summed E-state index contributed by atoms with van der Waals surface area (Å²) in [6.45, 7) is 5.47. The third kappa shape index (κ3) is 3.39. The van der Waals surface area contributed by atoms with E-state index in [2.05, 4.69) is 22.5 Å². The van der Waals surface area contributed by atoms with Gasteiger partial charge in [0.1, 0.15) is 6.04 Å². The number of nitrogens with zero attached hydrogens (tertiary/aromatic N) is 1. The van der Waals surface area contributed by atoms with Gasteiger partial charge >= 0.3 is 0 Å². The molecule has 0 saturated carbocycles. The Bertz CT molecular complexity index is 528. The standard InChI is InChI=1S/C16H22ClN3O/c1-11(10-20-7-3-2-4-8-20)18-15-13-9-12(17)5-6-14(13)19-16(15)21/h5-6,9,11,15,18H,2-4,7-8,10H2,1H3,(H,19,21). The topological polar surface area (TPSA) is 44.4 Å². The second-order valence-corrected chi connectivity index (χ2v) is 6.52. The lowest BCUT2D eigenvalue weighted by molar-refractivity contribution is -0.117. The summed E-state index contributed by atoms with van der Waals surface area (Å²) in [5.41, 5.74) is 1.82. The summed E-state index contributed by atoms with van der Waals surface area (Å²) in [4.78, 5) is 14.6. The van der Waals surface area contributed by atoms with Crippen LogP contribution in [-0.4, -0.2) is 36.5 Å². The first-order valence-electron chi connectivity index (χ1n) is 7.72. The van der Waals surface area contributed by atoms with E-state index in [1.807, 2.05) is 12.1 Å². The van der Waals surface area contributed by atoms with E-state index >= 15 is 0 Å². The Balaban J connectivity index is 1.64. The van der Waals surface area contributed by atoms with Crippen molar-refractivity contribution in [3.05, 3.63) is 28.8 Å². The molecule has 2 aliphatic heterocycles. The van der Waals surface area contributed by atoms with Gasteiger partial charge in [-0.2, -0.15) is 0 Å². The minimum atomic E-state index is -0.293. The third-order valence-electron chi connectivity index (χ3n) is 4.28. The molecule has 1 aromatic carbocycles. The highest BCUT2D eigenvalue weighted by atomic mass is 35.5. The number of hydrogen-bond donors (Lipinski definition) is 2. The summed E-state index contributed by atoms with van der Waals surface area (Å²) < 4.78 is 0. The van der Waals surface area contributed by atoms with Gasteiger partial charge in [-0.25, -0.2) is 0 Å². The minimum Gasteiger partial charge on any atom is -0.324 e. The molecule has 2 unspecified atom stereocenters. The van der Waals surface area contributed by atoms with Crippen molar-refractivity contribution in [2.24, 2.45) is 0 Å². The second kappa shape index (κ2) is 6.34. The van der Waals surface area contributed by atoms with Gasteiger partial charge in [-0.1, -0.05) is 18.0 Å². The van der Waals surface area contributed by atoms with Crippen LogP contribution in [0.25, 0.3) is 0 Å². The monoisotopic (exact) mass is 307 g/mol. The van der Waals surface area contributed by atoms with Crippen molar-refractivity contribution >= 4 is 23.2 Å². The van der Waals surface area contributed by atoms with E-state index in [-0.39, 0.29) is 18.0 Å². The molecule has 0 bridgehead atoms. The van der Waals surface area contributed by atoms with Crippen LogP contribution in [0, 0.1) is 0 Å². The summed E-state index contributed by atoms with van der Waals surface area (Å²) in [6, 6.07) is 5.52. The molecule has 0 aliphatic carbocycles. The van der Waals surface area contributed by atoms with E-state index < -0.39 is 0 Å². The molecule has 2 heterocycles. The van der Waals surface area contributed by atoms with E-state index in [9.17, 15) is 4.79 Å². The van der Waals surface area contributed by atoms with Crippen LogP contribution in [-0.2, 0) is 4.79 Å². The number of carbonyl (C=O) groups is 1. The summed E-state index contributed by atoms with van der Waals surface area (Å²) >= 11 is 6.05. The van der Waals surface area contributed by atoms with Crippen LogP contribution < -0.4 is 10.6 Å². The molecule has 114 valence electrons. The normalized spacial score (nSPS) is 23.7. The fourth-order valence-corrected chi connectivity index (χ4v) is 3.44. The first-order valence-corrected chi connectivity index (χ1v) is 8.10. The maximum absolute atomic E-state index is 12.1. The number of halogens is 1. The number of piperidine rings is 1.